The zero-order chi connectivity index (χ0) is 18.6. The Bertz CT molecular complexity index is 1070. The summed E-state index contributed by atoms with van der Waals surface area (Å²) in [6.07, 6.45) is 1.86. The number of benzene rings is 3. The number of hydrogen-bond acceptors (Lipinski definition) is 3. The van der Waals surface area contributed by atoms with Crippen LogP contribution in [-0.2, 0) is 11.2 Å². The van der Waals surface area contributed by atoms with Crippen LogP contribution in [0.25, 0.3) is 22.1 Å². The molecule has 1 aromatic heterocycles. The van der Waals surface area contributed by atoms with Gasteiger partial charge in [-0.3, -0.25) is 4.79 Å². The zero-order valence-corrected chi connectivity index (χ0v) is 14.9. The first-order valence-corrected chi connectivity index (χ1v) is 8.72. The van der Waals surface area contributed by atoms with Crippen LogP contribution in [0.1, 0.15) is 5.56 Å². The third-order valence-electron chi connectivity index (χ3n) is 4.49. The van der Waals surface area contributed by atoms with E-state index >= 15 is 0 Å². The smallest absolute Gasteiger partial charge is 0.228 e. The second-order valence-corrected chi connectivity index (χ2v) is 6.29. The van der Waals surface area contributed by atoms with Gasteiger partial charge in [-0.1, -0.05) is 42.5 Å². The monoisotopic (exact) mass is 357 g/mol. The van der Waals surface area contributed by atoms with Crippen molar-refractivity contribution < 1.29 is 13.9 Å². The molecule has 0 atom stereocenters. The number of amides is 1. The van der Waals surface area contributed by atoms with E-state index < -0.39 is 0 Å². The molecule has 0 bridgehead atoms. The standard InChI is InChI=1S/C23H19NO3/c1-26-20-11-12-22-21(14-20)18(15-27-22)13-23(25)24-19-9-7-17(8-10-19)16-5-3-2-4-6-16/h2-12,14-15H,13H2,1H3,(H,24,25). The molecule has 0 fully saturated rings. The van der Waals surface area contributed by atoms with Crippen molar-refractivity contribution in [2.24, 2.45) is 0 Å². The Morgan fingerprint density at radius 3 is 2.44 bits per heavy atom. The average molecular weight is 357 g/mol. The molecule has 0 unspecified atom stereocenters. The van der Waals surface area contributed by atoms with Crippen LogP contribution in [0.2, 0.25) is 0 Å². The van der Waals surface area contributed by atoms with Crippen molar-refractivity contribution in [1.82, 2.24) is 0 Å². The van der Waals surface area contributed by atoms with E-state index in [1.165, 1.54) is 0 Å². The van der Waals surface area contributed by atoms with Gasteiger partial charge >= 0.3 is 0 Å². The fourth-order valence-corrected chi connectivity index (χ4v) is 3.08. The number of carbonyl (C=O) groups excluding carboxylic acids is 1. The van der Waals surface area contributed by atoms with Crippen molar-refractivity contribution >= 4 is 22.6 Å². The Kier molecular flexibility index (Phi) is 4.62. The van der Waals surface area contributed by atoms with Crippen LogP contribution in [-0.4, -0.2) is 13.0 Å². The molecule has 3 aromatic carbocycles. The molecule has 0 aliphatic carbocycles. The number of nitrogens with one attached hydrogen (secondary N) is 1. The van der Waals surface area contributed by atoms with Crippen LogP contribution in [0, 0.1) is 0 Å². The Labute approximate surface area is 157 Å². The van der Waals surface area contributed by atoms with Gasteiger partial charge in [-0.05, 0) is 41.5 Å². The molecular formula is C23H19NO3. The molecular weight excluding hydrogens is 338 g/mol. The van der Waals surface area contributed by atoms with Gasteiger partial charge in [0.2, 0.25) is 5.91 Å². The minimum atomic E-state index is -0.0898. The first-order valence-electron chi connectivity index (χ1n) is 8.72. The van der Waals surface area contributed by atoms with Crippen molar-refractivity contribution in [2.45, 2.75) is 6.42 Å². The number of ether oxygens (including phenoxy) is 1. The summed E-state index contributed by atoms with van der Waals surface area (Å²) in [6.45, 7) is 0. The molecule has 4 nitrogen and oxygen atoms in total. The zero-order valence-electron chi connectivity index (χ0n) is 14.9. The predicted molar refractivity (Wildman–Crippen MR) is 107 cm³/mol. The van der Waals surface area contributed by atoms with Gasteiger partial charge in [-0.15, -0.1) is 0 Å². The van der Waals surface area contributed by atoms with Gasteiger partial charge in [0.05, 0.1) is 19.8 Å². The lowest BCUT2D eigenvalue weighted by Gasteiger charge is -2.07. The highest BCUT2D eigenvalue weighted by Gasteiger charge is 2.12. The van der Waals surface area contributed by atoms with Crippen LogP contribution < -0.4 is 10.1 Å². The third-order valence-corrected chi connectivity index (χ3v) is 4.49. The number of hydrogen-bond donors (Lipinski definition) is 1. The molecule has 4 aromatic rings. The van der Waals surface area contributed by atoms with Crippen LogP contribution in [0.3, 0.4) is 0 Å². The number of methoxy groups -OCH3 is 1. The third kappa shape index (κ3) is 3.70. The highest BCUT2D eigenvalue weighted by molar-refractivity contribution is 5.95. The molecule has 4 rings (SSSR count). The molecule has 27 heavy (non-hydrogen) atoms. The van der Waals surface area contributed by atoms with Crippen LogP contribution in [0.15, 0.2) is 83.5 Å². The molecule has 0 spiro atoms. The van der Waals surface area contributed by atoms with Gasteiger partial charge in [0, 0.05) is 16.6 Å². The number of rotatable bonds is 5. The van der Waals surface area contributed by atoms with E-state index in [1.54, 1.807) is 13.4 Å². The fourth-order valence-electron chi connectivity index (χ4n) is 3.08. The number of carbonyl (C=O) groups is 1. The van der Waals surface area contributed by atoms with E-state index in [-0.39, 0.29) is 12.3 Å². The topological polar surface area (TPSA) is 51.5 Å². The molecule has 0 saturated heterocycles. The summed E-state index contributed by atoms with van der Waals surface area (Å²) in [6, 6.07) is 23.5. The second kappa shape index (κ2) is 7.38. The molecule has 1 amide bonds. The largest absolute Gasteiger partial charge is 0.497 e. The molecule has 134 valence electrons. The molecule has 0 radical (unpaired) electrons. The first kappa shape index (κ1) is 16.9. The van der Waals surface area contributed by atoms with Crippen LogP contribution in [0.4, 0.5) is 5.69 Å². The SMILES string of the molecule is COc1ccc2occ(CC(=O)Nc3ccc(-c4ccccc4)cc3)c2c1. The van der Waals surface area contributed by atoms with Gasteiger partial charge in [-0.25, -0.2) is 0 Å². The van der Waals surface area contributed by atoms with Crippen molar-refractivity contribution in [2.75, 3.05) is 12.4 Å². The number of fused-ring (bicyclic) bond motifs is 1. The molecule has 0 aliphatic heterocycles. The highest BCUT2D eigenvalue weighted by atomic mass is 16.5. The maximum atomic E-state index is 12.4. The molecule has 0 aliphatic rings. The molecule has 0 saturated carbocycles. The first-order chi connectivity index (χ1) is 13.2. The van der Waals surface area contributed by atoms with Gasteiger partial charge < -0.3 is 14.5 Å². The second-order valence-electron chi connectivity index (χ2n) is 6.29. The lowest BCUT2D eigenvalue weighted by molar-refractivity contribution is -0.115. The lowest BCUT2D eigenvalue weighted by Crippen LogP contribution is -2.14. The van der Waals surface area contributed by atoms with E-state index in [0.717, 1.165) is 39.1 Å². The molecule has 4 heteroatoms. The summed E-state index contributed by atoms with van der Waals surface area (Å²) in [4.78, 5) is 12.4. The van der Waals surface area contributed by atoms with Crippen LogP contribution in [0.5, 0.6) is 5.75 Å². The predicted octanol–water partition coefficient (Wildman–Crippen LogP) is 5.29. The highest BCUT2D eigenvalue weighted by Crippen LogP contribution is 2.26. The van der Waals surface area contributed by atoms with Crippen molar-refractivity contribution in [3.63, 3.8) is 0 Å². The maximum Gasteiger partial charge on any atom is 0.228 e. The maximum absolute atomic E-state index is 12.4. The average Bonchev–Trinajstić information content (AvgIpc) is 3.11. The summed E-state index contributed by atoms with van der Waals surface area (Å²) in [5, 5.41) is 3.83. The van der Waals surface area contributed by atoms with E-state index in [0.29, 0.717) is 0 Å². The van der Waals surface area contributed by atoms with Gasteiger partial charge in [0.15, 0.2) is 0 Å². The minimum Gasteiger partial charge on any atom is -0.497 e. The number of anilines is 1. The van der Waals surface area contributed by atoms with E-state index in [4.69, 9.17) is 9.15 Å². The molecule has 1 heterocycles. The van der Waals surface area contributed by atoms with Crippen molar-refractivity contribution in [3.05, 3.63) is 84.6 Å². The normalized spacial score (nSPS) is 10.7. The summed E-state index contributed by atoms with van der Waals surface area (Å²) >= 11 is 0. The Hall–Kier alpha value is -3.53. The molecule has 1 N–H and O–H groups in total. The Morgan fingerprint density at radius 1 is 0.963 bits per heavy atom. The van der Waals surface area contributed by atoms with E-state index in [1.807, 2.05) is 60.7 Å². The minimum absolute atomic E-state index is 0.0898. The van der Waals surface area contributed by atoms with Crippen molar-refractivity contribution in [1.29, 1.82) is 0 Å². The Morgan fingerprint density at radius 2 is 1.70 bits per heavy atom. The quantitative estimate of drug-likeness (QED) is 0.528. The summed E-state index contributed by atoms with van der Waals surface area (Å²) in [5.41, 5.74) is 4.61. The summed E-state index contributed by atoms with van der Waals surface area (Å²) < 4.78 is 10.8. The van der Waals surface area contributed by atoms with Crippen molar-refractivity contribution in [3.8, 4) is 16.9 Å². The van der Waals surface area contributed by atoms with E-state index in [2.05, 4.69) is 17.4 Å². The van der Waals surface area contributed by atoms with Crippen LogP contribution >= 0.6 is 0 Å². The number of furan rings is 1. The fraction of sp³-hybridized carbons (Fsp3) is 0.0870. The van der Waals surface area contributed by atoms with E-state index in [9.17, 15) is 4.79 Å². The van der Waals surface area contributed by atoms with Gasteiger partial charge in [-0.2, -0.15) is 0 Å². The summed E-state index contributed by atoms with van der Waals surface area (Å²) in [5.74, 6) is 0.648. The van der Waals surface area contributed by atoms with Gasteiger partial charge in [0.1, 0.15) is 11.3 Å². The summed E-state index contributed by atoms with van der Waals surface area (Å²) in [7, 11) is 1.62. The lowest BCUT2D eigenvalue weighted by atomic mass is 10.1. The Balaban J connectivity index is 1.47. The van der Waals surface area contributed by atoms with Gasteiger partial charge in [0.25, 0.3) is 0 Å².